The van der Waals surface area contributed by atoms with Gasteiger partial charge in [0.25, 0.3) is 0 Å². The van der Waals surface area contributed by atoms with Crippen LogP contribution in [0, 0.1) is 5.92 Å². The van der Waals surface area contributed by atoms with E-state index in [1.807, 2.05) is 0 Å². The summed E-state index contributed by atoms with van der Waals surface area (Å²) in [4.78, 5) is 12.2. The van der Waals surface area contributed by atoms with Gasteiger partial charge in [-0.15, -0.1) is 0 Å². The molecule has 0 spiro atoms. The van der Waals surface area contributed by atoms with E-state index < -0.39 is 6.09 Å². The number of likely N-dealkylation sites (tertiary alicyclic amines) is 1. The lowest BCUT2D eigenvalue weighted by Crippen LogP contribution is -2.39. The van der Waals surface area contributed by atoms with E-state index in [1.54, 1.807) is 0 Å². The largest absolute Gasteiger partial charge is 0.465 e. The average Bonchev–Trinajstić information content (AvgIpc) is 2.17. The van der Waals surface area contributed by atoms with Crippen molar-refractivity contribution in [3.05, 3.63) is 11.6 Å². The number of amides is 1. The quantitative estimate of drug-likeness (QED) is 0.581. The van der Waals surface area contributed by atoms with Gasteiger partial charge in [-0.2, -0.15) is 0 Å². The van der Waals surface area contributed by atoms with Crippen LogP contribution >= 0.6 is 0 Å². The molecule has 1 aliphatic carbocycles. The lowest BCUT2D eigenvalue weighted by atomic mass is 9.83. The van der Waals surface area contributed by atoms with E-state index in [0.29, 0.717) is 12.5 Å². The summed E-state index contributed by atoms with van der Waals surface area (Å²) in [5.41, 5.74) is 1.36. The lowest BCUT2D eigenvalue weighted by molar-refractivity contribution is 0.136. The van der Waals surface area contributed by atoms with Crippen molar-refractivity contribution in [3.8, 4) is 0 Å². The summed E-state index contributed by atoms with van der Waals surface area (Å²) in [5.74, 6) is 0.685. The Morgan fingerprint density at radius 3 is 3.15 bits per heavy atom. The van der Waals surface area contributed by atoms with Crippen LogP contribution in [0.4, 0.5) is 4.79 Å². The summed E-state index contributed by atoms with van der Waals surface area (Å²) >= 11 is 0. The van der Waals surface area contributed by atoms with Crippen LogP contribution in [0.2, 0.25) is 0 Å². The Morgan fingerprint density at radius 2 is 2.38 bits per heavy atom. The van der Waals surface area contributed by atoms with Gasteiger partial charge in [-0.3, -0.25) is 0 Å². The molecule has 0 aromatic carbocycles. The number of allylic oxidation sites excluding steroid dienone is 1. The summed E-state index contributed by atoms with van der Waals surface area (Å²) in [5, 5.41) is 8.83. The molecule has 1 aliphatic heterocycles. The van der Waals surface area contributed by atoms with Crippen LogP contribution in [0.1, 0.15) is 25.7 Å². The van der Waals surface area contributed by atoms with Crippen molar-refractivity contribution in [1.29, 1.82) is 0 Å². The fraction of sp³-hybridized carbons (Fsp3) is 0.700. The summed E-state index contributed by atoms with van der Waals surface area (Å²) in [6.07, 6.45) is 6.17. The molecule has 2 aliphatic rings. The van der Waals surface area contributed by atoms with Gasteiger partial charge in [-0.25, -0.2) is 4.79 Å². The predicted molar refractivity (Wildman–Crippen MR) is 49.6 cm³/mol. The monoisotopic (exact) mass is 181 g/mol. The third kappa shape index (κ3) is 1.69. The molecule has 1 fully saturated rings. The molecule has 0 bridgehead atoms. The van der Waals surface area contributed by atoms with Crippen LogP contribution in [0.5, 0.6) is 0 Å². The zero-order valence-corrected chi connectivity index (χ0v) is 7.70. The molecule has 1 atom stereocenters. The second-order valence-corrected chi connectivity index (χ2v) is 3.90. The Hall–Kier alpha value is -0.990. The number of fused-ring (bicyclic) bond motifs is 1. The molecule has 1 heterocycles. The summed E-state index contributed by atoms with van der Waals surface area (Å²) < 4.78 is 0. The van der Waals surface area contributed by atoms with Crippen molar-refractivity contribution in [1.82, 2.24) is 4.90 Å². The maximum absolute atomic E-state index is 10.7. The molecule has 2 rings (SSSR count). The fourth-order valence-electron chi connectivity index (χ4n) is 2.30. The topological polar surface area (TPSA) is 40.5 Å². The number of rotatable bonds is 0. The Balaban J connectivity index is 2.06. The number of nitrogens with zero attached hydrogens (tertiary/aromatic N) is 1. The van der Waals surface area contributed by atoms with Crippen molar-refractivity contribution in [2.45, 2.75) is 25.7 Å². The molecule has 13 heavy (non-hydrogen) atoms. The molecule has 0 aromatic heterocycles. The molecule has 3 nitrogen and oxygen atoms in total. The molecule has 3 heteroatoms. The van der Waals surface area contributed by atoms with Gasteiger partial charge in [0.2, 0.25) is 0 Å². The first-order valence-electron chi connectivity index (χ1n) is 4.94. The number of piperidine rings is 1. The van der Waals surface area contributed by atoms with Crippen LogP contribution in [0.15, 0.2) is 11.6 Å². The van der Waals surface area contributed by atoms with Gasteiger partial charge in [0.1, 0.15) is 0 Å². The standard InChI is InChI=1S/C10H15NO2/c12-10(13)11-6-5-8-3-1-2-4-9(8)7-11/h4,8H,1-3,5-7H2,(H,12,13). The highest BCUT2D eigenvalue weighted by Crippen LogP contribution is 2.31. The maximum Gasteiger partial charge on any atom is 0.407 e. The van der Waals surface area contributed by atoms with Gasteiger partial charge in [0, 0.05) is 13.1 Å². The van der Waals surface area contributed by atoms with Gasteiger partial charge in [-0.1, -0.05) is 11.6 Å². The Bertz CT molecular complexity index is 247. The summed E-state index contributed by atoms with van der Waals surface area (Å²) in [6.45, 7) is 1.37. The highest BCUT2D eigenvalue weighted by molar-refractivity contribution is 5.65. The van der Waals surface area contributed by atoms with Gasteiger partial charge >= 0.3 is 6.09 Å². The minimum Gasteiger partial charge on any atom is -0.465 e. The number of hydrogen-bond donors (Lipinski definition) is 1. The van der Waals surface area contributed by atoms with Crippen LogP contribution < -0.4 is 0 Å². The molecule has 1 unspecified atom stereocenters. The second-order valence-electron chi connectivity index (χ2n) is 3.90. The minimum absolute atomic E-state index is 0.653. The third-order valence-corrected chi connectivity index (χ3v) is 3.08. The average molecular weight is 181 g/mol. The Labute approximate surface area is 78.0 Å². The van der Waals surface area contributed by atoms with Crippen LogP contribution in [0.25, 0.3) is 0 Å². The zero-order valence-electron chi connectivity index (χ0n) is 7.70. The van der Waals surface area contributed by atoms with E-state index >= 15 is 0 Å². The van der Waals surface area contributed by atoms with E-state index in [9.17, 15) is 4.79 Å². The van der Waals surface area contributed by atoms with Crippen molar-refractivity contribution >= 4 is 6.09 Å². The molecule has 1 amide bonds. The summed E-state index contributed by atoms with van der Waals surface area (Å²) in [6, 6.07) is 0. The summed E-state index contributed by atoms with van der Waals surface area (Å²) in [7, 11) is 0. The van der Waals surface area contributed by atoms with Crippen molar-refractivity contribution in [2.75, 3.05) is 13.1 Å². The first-order valence-corrected chi connectivity index (χ1v) is 4.94. The van der Waals surface area contributed by atoms with Crippen LogP contribution in [-0.4, -0.2) is 29.2 Å². The van der Waals surface area contributed by atoms with E-state index in [1.165, 1.54) is 23.3 Å². The SMILES string of the molecule is O=C(O)N1CCC2CCCC=C2C1. The van der Waals surface area contributed by atoms with Crippen LogP contribution in [0.3, 0.4) is 0 Å². The van der Waals surface area contributed by atoms with Crippen molar-refractivity contribution < 1.29 is 9.90 Å². The van der Waals surface area contributed by atoms with Gasteiger partial charge in [0.05, 0.1) is 0 Å². The molecule has 1 N–H and O–H groups in total. The predicted octanol–water partition coefficient (Wildman–Crippen LogP) is 2.10. The number of carbonyl (C=O) groups is 1. The zero-order chi connectivity index (χ0) is 9.26. The fourth-order valence-corrected chi connectivity index (χ4v) is 2.30. The smallest absolute Gasteiger partial charge is 0.407 e. The van der Waals surface area contributed by atoms with E-state index in [-0.39, 0.29) is 0 Å². The Morgan fingerprint density at radius 1 is 1.54 bits per heavy atom. The van der Waals surface area contributed by atoms with E-state index in [2.05, 4.69) is 6.08 Å². The minimum atomic E-state index is -0.773. The molecule has 72 valence electrons. The van der Waals surface area contributed by atoms with E-state index in [4.69, 9.17) is 5.11 Å². The molecular formula is C10H15NO2. The maximum atomic E-state index is 10.7. The highest BCUT2D eigenvalue weighted by Gasteiger charge is 2.27. The van der Waals surface area contributed by atoms with Crippen molar-refractivity contribution in [2.24, 2.45) is 5.92 Å². The highest BCUT2D eigenvalue weighted by atomic mass is 16.4. The first kappa shape index (κ1) is 8.60. The molecule has 0 saturated carbocycles. The lowest BCUT2D eigenvalue weighted by Gasteiger charge is -2.34. The van der Waals surface area contributed by atoms with Gasteiger partial charge < -0.3 is 10.0 Å². The van der Waals surface area contributed by atoms with Crippen molar-refractivity contribution in [3.63, 3.8) is 0 Å². The van der Waals surface area contributed by atoms with Gasteiger partial charge in [0.15, 0.2) is 0 Å². The third-order valence-electron chi connectivity index (χ3n) is 3.08. The second kappa shape index (κ2) is 3.40. The normalized spacial score (nSPS) is 27.8. The number of hydrogen-bond acceptors (Lipinski definition) is 1. The van der Waals surface area contributed by atoms with Gasteiger partial charge in [-0.05, 0) is 31.6 Å². The Kier molecular flexibility index (Phi) is 2.25. The first-order chi connectivity index (χ1) is 6.27. The van der Waals surface area contributed by atoms with E-state index in [0.717, 1.165) is 19.4 Å². The molecular weight excluding hydrogens is 166 g/mol. The number of carboxylic acid groups (broad SMARTS) is 1. The van der Waals surface area contributed by atoms with Crippen LogP contribution in [-0.2, 0) is 0 Å². The molecule has 0 radical (unpaired) electrons. The molecule has 0 aromatic rings. The molecule has 1 saturated heterocycles.